The molecule has 0 aliphatic rings. The summed E-state index contributed by atoms with van der Waals surface area (Å²) in [5.74, 6) is 0.263. The predicted molar refractivity (Wildman–Crippen MR) is 60.6 cm³/mol. The highest BCUT2D eigenvalue weighted by molar-refractivity contribution is 14.1. The van der Waals surface area contributed by atoms with Crippen molar-refractivity contribution < 1.29 is 5.11 Å². The summed E-state index contributed by atoms with van der Waals surface area (Å²) in [6.45, 7) is 6.07. The Morgan fingerprint density at radius 2 is 1.50 bits per heavy atom. The van der Waals surface area contributed by atoms with E-state index in [1.54, 1.807) is 0 Å². The lowest BCUT2D eigenvalue weighted by molar-refractivity contribution is 0.0526. The lowest BCUT2D eigenvalue weighted by atomic mass is 10.0. The third kappa shape index (κ3) is 3.71. The Balaban J connectivity index is 3.81. The SMILES string of the molecule is CC(C)C([O])C(I)C(C)I. The number of hydrogen-bond donors (Lipinski definition) is 0. The molecule has 0 aromatic carbocycles. The van der Waals surface area contributed by atoms with Crippen molar-refractivity contribution in [3.8, 4) is 0 Å². The molecule has 0 N–H and O–H groups in total. The fourth-order valence-electron chi connectivity index (χ4n) is 0.629. The maximum absolute atomic E-state index is 11.4. The van der Waals surface area contributed by atoms with Crippen LogP contribution in [0.3, 0.4) is 0 Å². The number of alkyl halides is 2. The fourth-order valence-corrected chi connectivity index (χ4v) is 1.87. The van der Waals surface area contributed by atoms with Crippen LogP contribution in [0, 0.1) is 5.92 Å². The number of halogens is 2. The summed E-state index contributed by atoms with van der Waals surface area (Å²) in [7, 11) is 0. The first-order valence-corrected chi connectivity index (χ1v) is 5.90. The minimum atomic E-state index is -0.410. The van der Waals surface area contributed by atoms with E-state index < -0.39 is 6.10 Å². The van der Waals surface area contributed by atoms with Crippen LogP contribution < -0.4 is 0 Å². The van der Waals surface area contributed by atoms with Crippen molar-refractivity contribution in [3.63, 3.8) is 0 Å². The molecule has 0 rings (SSSR count). The van der Waals surface area contributed by atoms with Crippen LogP contribution in [-0.4, -0.2) is 14.0 Å². The van der Waals surface area contributed by atoms with Crippen molar-refractivity contribution in [2.45, 2.75) is 34.7 Å². The first-order valence-electron chi connectivity index (χ1n) is 3.40. The average molecular weight is 367 g/mol. The second kappa shape index (κ2) is 5.13. The van der Waals surface area contributed by atoms with E-state index in [-0.39, 0.29) is 9.84 Å². The minimum absolute atomic E-state index is 0.262. The summed E-state index contributed by atoms with van der Waals surface area (Å²) < 4.78 is 0.737. The Bertz CT molecular complexity index is 81.6. The van der Waals surface area contributed by atoms with Crippen LogP contribution in [0.2, 0.25) is 0 Å². The topological polar surface area (TPSA) is 19.9 Å². The van der Waals surface area contributed by atoms with Crippen LogP contribution in [-0.2, 0) is 5.11 Å². The molecule has 0 saturated carbocycles. The van der Waals surface area contributed by atoms with Gasteiger partial charge in [-0.25, -0.2) is 5.11 Å². The number of rotatable bonds is 3. The molecule has 0 bridgehead atoms. The normalized spacial score (nSPS) is 20.7. The van der Waals surface area contributed by atoms with Crippen molar-refractivity contribution in [1.29, 1.82) is 0 Å². The lowest BCUT2D eigenvalue weighted by Crippen LogP contribution is -2.30. The molecule has 3 heteroatoms. The summed E-state index contributed by atoms with van der Waals surface area (Å²) in [4.78, 5) is 0. The molecule has 0 amide bonds. The van der Waals surface area contributed by atoms with Gasteiger partial charge in [-0.2, -0.15) is 0 Å². The molecule has 1 radical (unpaired) electrons. The highest BCUT2D eigenvalue weighted by Gasteiger charge is 2.24. The smallest absolute Gasteiger partial charge is 0.108 e. The van der Waals surface area contributed by atoms with Gasteiger partial charge in [0.05, 0.1) is 3.92 Å². The zero-order chi connectivity index (χ0) is 8.31. The van der Waals surface area contributed by atoms with Gasteiger partial charge in [0, 0.05) is 3.92 Å². The molecule has 0 saturated heterocycles. The van der Waals surface area contributed by atoms with Crippen LogP contribution in [0.25, 0.3) is 0 Å². The van der Waals surface area contributed by atoms with Crippen LogP contribution in [0.1, 0.15) is 20.8 Å². The quantitative estimate of drug-likeness (QED) is 0.540. The highest BCUT2D eigenvalue weighted by atomic mass is 127. The van der Waals surface area contributed by atoms with Gasteiger partial charge in [0.15, 0.2) is 0 Å². The standard InChI is InChI=1S/C7H13I2O/c1-4(2)7(10)6(9)5(3)8/h4-7H,1-3H3. The highest BCUT2D eigenvalue weighted by Crippen LogP contribution is 2.22. The molecule has 0 aliphatic heterocycles. The molecule has 0 spiro atoms. The van der Waals surface area contributed by atoms with E-state index in [1.165, 1.54) is 0 Å². The second-order valence-corrected chi connectivity index (χ2v) is 6.23. The molecule has 3 atom stereocenters. The van der Waals surface area contributed by atoms with Gasteiger partial charge in [-0.15, -0.1) is 0 Å². The Hall–Kier alpha value is 1.42. The molecule has 0 heterocycles. The molecule has 0 aromatic rings. The van der Waals surface area contributed by atoms with Gasteiger partial charge in [0.2, 0.25) is 0 Å². The fraction of sp³-hybridized carbons (Fsp3) is 1.00. The van der Waals surface area contributed by atoms with Crippen LogP contribution >= 0.6 is 45.2 Å². The first kappa shape index (κ1) is 11.4. The van der Waals surface area contributed by atoms with Crippen molar-refractivity contribution >= 4 is 45.2 Å². The van der Waals surface area contributed by atoms with E-state index in [0.29, 0.717) is 3.92 Å². The monoisotopic (exact) mass is 367 g/mol. The molecule has 61 valence electrons. The van der Waals surface area contributed by atoms with Gasteiger partial charge >= 0.3 is 0 Å². The first-order chi connectivity index (χ1) is 4.46. The Labute approximate surface area is 90.2 Å². The lowest BCUT2D eigenvalue weighted by Gasteiger charge is -2.20. The van der Waals surface area contributed by atoms with Gasteiger partial charge < -0.3 is 0 Å². The Morgan fingerprint density at radius 3 is 1.60 bits per heavy atom. The molecule has 10 heavy (non-hydrogen) atoms. The number of hydrogen-bond acceptors (Lipinski definition) is 0. The van der Waals surface area contributed by atoms with Gasteiger partial charge in [0.1, 0.15) is 6.10 Å². The average Bonchev–Trinajstić information content (AvgIpc) is 1.84. The Kier molecular flexibility index (Phi) is 5.86. The summed E-state index contributed by atoms with van der Waals surface area (Å²) in [5.41, 5.74) is 0. The zero-order valence-electron chi connectivity index (χ0n) is 6.47. The van der Waals surface area contributed by atoms with E-state index in [1.807, 2.05) is 13.8 Å². The molecule has 0 fully saturated rings. The molecule has 0 aromatic heterocycles. The van der Waals surface area contributed by atoms with E-state index >= 15 is 0 Å². The van der Waals surface area contributed by atoms with Crippen LogP contribution in [0.15, 0.2) is 0 Å². The van der Waals surface area contributed by atoms with Gasteiger partial charge in [-0.05, 0) is 5.92 Å². The minimum Gasteiger partial charge on any atom is -0.232 e. The van der Waals surface area contributed by atoms with Crippen LogP contribution in [0.4, 0.5) is 0 Å². The Morgan fingerprint density at radius 1 is 1.10 bits per heavy atom. The van der Waals surface area contributed by atoms with Crippen LogP contribution in [0.5, 0.6) is 0 Å². The third-order valence-electron chi connectivity index (χ3n) is 1.41. The summed E-state index contributed by atoms with van der Waals surface area (Å²) >= 11 is 4.56. The maximum atomic E-state index is 11.4. The predicted octanol–water partition coefficient (Wildman–Crippen LogP) is 3.07. The van der Waals surface area contributed by atoms with E-state index in [9.17, 15) is 5.11 Å². The zero-order valence-corrected chi connectivity index (χ0v) is 10.8. The summed E-state index contributed by atoms with van der Waals surface area (Å²) in [6, 6.07) is 0. The molecule has 3 unspecified atom stereocenters. The maximum Gasteiger partial charge on any atom is 0.108 e. The van der Waals surface area contributed by atoms with E-state index in [4.69, 9.17) is 0 Å². The van der Waals surface area contributed by atoms with Gasteiger partial charge in [0.25, 0.3) is 0 Å². The summed E-state index contributed by atoms with van der Waals surface area (Å²) in [5, 5.41) is 11.4. The third-order valence-corrected chi connectivity index (χ3v) is 5.35. The van der Waals surface area contributed by atoms with E-state index in [0.717, 1.165) is 0 Å². The van der Waals surface area contributed by atoms with E-state index in [2.05, 4.69) is 52.1 Å². The van der Waals surface area contributed by atoms with Crippen molar-refractivity contribution in [2.24, 2.45) is 5.92 Å². The van der Waals surface area contributed by atoms with Crippen molar-refractivity contribution in [2.75, 3.05) is 0 Å². The molecular formula is C7H13I2O. The molecule has 1 nitrogen and oxygen atoms in total. The second-order valence-electron chi connectivity index (χ2n) is 2.83. The molecular weight excluding hydrogens is 354 g/mol. The molecule has 0 aliphatic carbocycles. The summed E-state index contributed by atoms with van der Waals surface area (Å²) in [6.07, 6.45) is -0.410. The van der Waals surface area contributed by atoms with Gasteiger partial charge in [-0.3, -0.25) is 0 Å². The van der Waals surface area contributed by atoms with Crippen molar-refractivity contribution in [3.05, 3.63) is 0 Å². The largest absolute Gasteiger partial charge is 0.232 e. The van der Waals surface area contributed by atoms with Gasteiger partial charge in [-0.1, -0.05) is 66.0 Å². The van der Waals surface area contributed by atoms with Crippen molar-refractivity contribution in [1.82, 2.24) is 0 Å².